The SMILES string of the molecule is CCOc1ccccc1CN(C)C(=O)CNC(=O)[C@@H](N)C(C)C. The average molecular weight is 321 g/mol. The Morgan fingerprint density at radius 1 is 1.30 bits per heavy atom. The number of benzene rings is 1. The van der Waals surface area contributed by atoms with Gasteiger partial charge in [-0.3, -0.25) is 9.59 Å². The molecule has 0 aliphatic rings. The lowest BCUT2D eigenvalue weighted by Gasteiger charge is -2.20. The van der Waals surface area contributed by atoms with Crippen molar-refractivity contribution < 1.29 is 14.3 Å². The fourth-order valence-electron chi connectivity index (χ4n) is 1.99. The number of carbonyl (C=O) groups is 2. The van der Waals surface area contributed by atoms with Gasteiger partial charge >= 0.3 is 0 Å². The number of likely N-dealkylation sites (N-methyl/N-ethyl adjacent to an activating group) is 1. The maximum atomic E-state index is 12.1. The van der Waals surface area contributed by atoms with Gasteiger partial charge in [0.15, 0.2) is 0 Å². The minimum absolute atomic E-state index is 0.0286. The summed E-state index contributed by atoms with van der Waals surface area (Å²) < 4.78 is 5.55. The summed E-state index contributed by atoms with van der Waals surface area (Å²) in [4.78, 5) is 25.5. The number of nitrogens with two attached hydrogens (primary N) is 1. The number of hydrogen-bond donors (Lipinski definition) is 2. The number of ether oxygens (including phenoxy) is 1. The standard InChI is InChI=1S/C17H27N3O3/c1-5-23-14-9-7-6-8-13(14)11-20(4)15(21)10-19-17(22)16(18)12(2)3/h6-9,12,16H,5,10-11,18H2,1-4H3,(H,19,22)/t16-/m0/s1. The quantitative estimate of drug-likeness (QED) is 0.752. The van der Waals surface area contributed by atoms with Crippen LogP contribution >= 0.6 is 0 Å². The van der Waals surface area contributed by atoms with Crippen LogP contribution in [0.4, 0.5) is 0 Å². The molecule has 1 aromatic carbocycles. The molecule has 0 aromatic heterocycles. The second-order valence-electron chi connectivity index (χ2n) is 5.78. The molecule has 6 heteroatoms. The van der Waals surface area contributed by atoms with E-state index in [2.05, 4.69) is 5.32 Å². The minimum Gasteiger partial charge on any atom is -0.494 e. The Labute approximate surface area is 138 Å². The number of nitrogens with one attached hydrogen (secondary N) is 1. The molecule has 0 radical (unpaired) electrons. The van der Waals surface area contributed by atoms with E-state index >= 15 is 0 Å². The number of nitrogens with zero attached hydrogens (tertiary/aromatic N) is 1. The van der Waals surface area contributed by atoms with E-state index in [1.165, 1.54) is 0 Å². The van der Waals surface area contributed by atoms with Gasteiger partial charge in [-0.25, -0.2) is 0 Å². The van der Waals surface area contributed by atoms with Crippen LogP contribution in [-0.2, 0) is 16.1 Å². The summed E-state index contributed by atoms with van der Waals surface area (Å²) in [6.07, 6.45) is 0. The summed E-state index contributed by atoms with van der Waals surface area (Å²) in [7, 11) is 1.69. The van der Waals surface area contributed by atoms with Crippen molar-refractivity contribution in [1.82, 2.24) is 10.2 Å². The molecule has 0 heterocycles. The fourth-order valence-corrected chi connectivity index (χ4v) is 1.99. The Morgan fingerprint density at radius 3 is 2.57 bits per heavy atom. The van der Waals surface area contributed by atoms with E-state index in [0.717, 1.165) is 11.3 Å². The van der Waals surface area contributed by atoms with Crippen LogP contribution in [0.25, 0.3) is 0 Å². The first-order chi connectivity index (χ1) is 10.9. The van der Waals surface area contributed by atoms with Gasteiger partial charge in [0, 0.05) is 19.2 Å². The number of para-hydroxylation sites is 1. The lowest BCUT2D eigenvalue weighted by Crippen LogP contribution is -2.47. The molecule has 6 nitrogen and oxygen atoms in total. The third-order valence-electron chi connectivity index (χ3n) is 3.54. The van der Waals surface area contributed by atoms with Crippen molar-refractivity contribution in [2.24, 2.45) is 11.7 Å². The normalized spacial score (nSPS) is 11.9. The van der Waals surface area contributed by atoms with Gasteiger partial charge in [-0.2, -0.15) is 0 Å². The van der Waals surface area contributed by atoms with Crippen molar-refractivity contribution in [2.45, 2.75) is 33.4 Å². The molecular weight excluding hydrogens is 294 g/mol. The van der Waals surface area contributed by atoms with Crippen molar-refractivity contribution in [3.8, 4) is 5.75 Å². The third-order valence-corrected chi connectivity index (χ3v) is 3.54. The predicted molar refractivity (Wildman–Crippen MR) is 89.9 cm³/mol. The summed E-state index contributed by atoms with van der Waals surface area (Å²) >= 11 is 0. The Balaban J connectivity index is 2.56. The summed E-state index contributed by atoms with van der Waals surface area (Å²) in [6.45, 7) is 6.57. The van der Waals surface area contributed by atoms with Crippen molar-refractivity contribution in [2.75, 3.05) is 20.2 Å². The number of rotatable bonds is 8. The highest BCUT2D eigenvalue weighted by Crippen LogP contribution is 2.19. The zero-order chi connectivity index (χ0) is 17.4. The molecule has 0 spiro atoms. The third kappa shape index (κ3) is 5.90. The molecule has 0 saturated heterocycles. The van der Waals surface area contributed by atoms with Crippen molar-refractivity contribution in [3.63, 3.8) is 0 Å². The average Bonchev–Trinajstić information content (AvgIpc) is 2.53. The van der Waals surface area contributed by atoms with Gasteiger partial charge in [0.05, 0.1) is 19.2 Å². The number of amides is 2. The fraction of sp³-hybridized carbons (Fsp3) is 0.529. The minimum atomic E-state index is -0.605. The molecule has 23 heavy (non-hydrogen) atoms. The molecule has 128 valence electrons. The molecule has 3 N–H and O–H groups in total. The van der Waals surface area contributed by atoms with Gasteiger partial charge in [-0.05, 0) is 18.9 Å². The molecule has 0 saturated carbocycles. The maximum absolute atomic E-state index is 12.1. The van der Waals surface area contributed by atoms with Gasteiger partial charge in [-0.15, -0.1) is 0 Å². The largest absolute Gasteiger partial charge is 0.494 e. The predicted octanol–water partition coefficient (Wildman–Crippen LogP) is 1.14. The van der Waals surface area contributed by atoms with Crippen LogP contribution in [0.15, 0.2) is 24.3 Å². The van der Waals surface area contributed by atoms with E-state index < -0.39 is 6.04 Å². The van der Waals surface area contributed by atoms with E-state index in [9.17, 15) is 9.59 Å². The molecule has 0 aliphatic heterocycles. The van der Waals surface area contributed by atoms with E-state index in [1.807, 2.05) is 45.0 Å². The molecule has 1 aromatic rings. The Morgan fingerprint density at radius 2 is 1.96 bits per heavy atom. The van der Waals surface area contributed by atoms with Crippen LogP contribution in [0.1, 0.15) is 26.3 Å². The highest BCUT2D eigenvalue weighted by Gasteiger charge is 2.19. The molecule has 0 fully saturated rings. The molecule has 1 rings (SSSR count). The first kappa shape index (κ1) is 19.0. The smallest absolute Gasteiger partial charge is 0.242 e. The van der Waals surface area contributed by atoms with Crippen LogP contribution < -0.4 is 15.8 Å². The van der Waals surface area contributed by atoms with Gasteiger partial charge in [0.1, 0.15) is 5.75 Å². The van der Waals surface area contributed by atoms with Crippen LogP contribution in [0.3, 0.4) is 0 Å². The monoisotopic (exact) mass is 321 g/mol. The Bertz CT molecular complexity index is 532. The summed E-state index contributed by atoms with van der Waals surface area (Å²) in [5, 5.41) is 2.58. The Hall–Kier alpha value is -2.08. The zero-order valence-corrected chi connectivity index (χ0v) is 14.3. The molecule has 1 atom stereocenters. The van der Waals surface area contributed by atoms with Gasteiger partial charge in [-0.1, -0.05) is 32.0 Å². The van der Waals surface area contributed by atoms with Crippen molar-refractivity contribution >= 4 is 11.8 Å². The number of hydrogen-bond acceptors (Lipinski definition) is 4. The van der Waals surface area contributed by atoms with Gasteiger partial charge < -0.3 is 20.7 Å². The highest BCUT2D eigenvalue weighted by molar-refractivity contribution is 5.87. The van der Waals surface area contributed by atoms with Crippen LogP contribution in [0.2, 0.25) is 0 Å². The first-order valence-electron chi connectivity index (χ1n) is 7.84. The molecule has 0 bridgehead atoms. The topological polar surface area (TPSA) is 84.7 Å². The highest BCUT2D eigenvalue weighted by atomic mass is 16.5. The molecular formula is C17H27N3O3. The molecule has 2 amide bonds. The second kappa shape index (κ2) is 9.15. The van der Waals surface area contributed by atoms with Crippen LogP contribution in [0, 0.1) is 5.92 Å². The second-order valence-corrected chi connectivity index (χ2v) is 5.78. The summed E-state index contributed by atoms with van der Waals surface area (Å²) in [5.74, 6) is 0.304. The van der Waals surface area contributed by atoms with Crippen molar-refractivity contribution in [3.05, 3.63) is 29.8 Å². The maximum Gasteiger partial charge on any atom is 0.242 e. The van der Waals surface area contributed by atoms with E-state index in [-0.39, 0.29) is 24.3 Å². The zero-order valence-electron chi connectivity index (χ0n) is 14.3. The van der Waals surface area contributed by atoms with Gasteiger partial charge in [0.2, 0.25) is 11.8 Å². The lowest BCUT2D eigenvalue weighted by atomic mass is 10.1. The van der Waals surface area contributed by atoms with Crippen molar-refractivity contribution in [1.29, 1.82) is 0 Å². The van der Waals surface area contributed by atoms with E-state index in [4.69, 9.17) is 10.5 Å². The first-order valence-corrected chi connectivity index (χ1v) is 7.84. The van der Waals surface area contributed by atoms with Crippen LogP contribution in [0.5, 0.6) is 5.75 Å². The summed E-state index contributed by atoms with van der Waals surface area (Å²) in [6, 6.07) is 6.98. The summed E-state index contributed by atoms with van der Waals surface area (Å²) in [5.41, 5.74) is 6.67. The number of carbonyl (C=O) groups excluding carboxylic acids is 2. The van der Waals surface area contributed by atoms with Gasteiger partial charge in [0.25, 0.3) is 0 Å². The van der Waals surface area contributed by atoms with Crippen LogP contribution in [-0.4, -0.2) is 43.0 Å². The molecule has 0 unspecified atom stereocenters. The lowest BCUT2D eigenvalue weighted by molar-refractivity contribution is -0.132. The van der Waals surface area contributed by atoms with E-state index in [0.29, 0.717) is 13.2 Å². The Kier molecular flexibility index (Phi) is 7.54. The molecule has 0 aliphatic carbocycles. The van der Waals surface area contributed by atoms with E-state index in [1.54, 1.807) is 11.9 Å².